The highest BCUT2D eigenvalue weighted by Crippen LogP contribution is 2.30. The average Bonchev–Trinajstić information content (AvgIpc) is 3.35. The Morgan fingerprint density at radius 1 is 1.17 bits per heavy atom. The molecule has 1 aromatic rings. The Labute approximate surface area is 140 Å². The minimum atomic E-state index is -0.928. The maximum absolute atomic E-state index is 12.0. The third-order valence-corrected chi connectivity index (χ3v) is 3.97. The van der Waals surface area contributed by atoms with Crippen LogP contribution in [0, 0.1) is 5.92 Å². The van der Waals surface area contributed by atoms with Gasteiger partial charge in [0.1, 0.15) is 18.2 Å². The van der Waals surface area contributed by atoms with Gasteiger partial charge in [0.2, 0.25) is 0 Å². The van der Waals surface area contributed by atoms with E-state index in [1.165, 1.54) is 12.1 Å². The summed E-state index contributed by atoms with van der Waals surface area (Å²) in [6.45, 7) is 3.31. The Bertz CT molecular complexity index is 613. The fourth-order valence-corrected chi connectivity index (χ4v) is 2.09. The molecule has 0 spiro atoms. The summed E-state index contributed by atoms with van der Waals surface area (Å²) in [5.41, 5.74) is 6.41. The Hall–Kier alpha value is -2.28. The number of carbonyl (C=O) groups excluding carboxylic acids is 2. The van der Waals surface area contributed by atoms with Crippen molar-refractivity contribution in [1.82, 2.24) is 0 Å². The van der Waals surface area contributed by atoms with Crippen LogP contribution < -0.4 is 5.73 Å². The van der Waals surface area contributed by atoms with Crippen molar-refractivity contribution in [2.75, 3.05) is 0 Å². The third-order valence-electron chi connectivity index (χ3n) is 3.97. The number of hydrogen-bond acceptors (Lipinski definition) is 7. The van der Waals surface area contributed by atoms with E-state index in [-0.39, 0.29) is 29.8 Å². The molecular formula is C17H23NO6. The van der Waals surface area contributed by atoms with Gasteiger partial charge < -0.3 is 25.4 Å². The van der Waals surface area contributed by atoms with E-state index in [9.17, 15) is 19.8 Å². The molecule has 2 rings (SSSR count). The Kier molecular flexibility index (Phi) is 5.66. The SMILES string of the molecule is C[C@H](OC(=O)C1CC1)[C@@H](C)OC(=O)[C@@H](N)Cc1ccc(O)c(O)c1. The molecule has 3 atom stereocenters. The molecule has 1 aliphatic rings. The van der Waals surface area contributed by atoms with Gasteiger partial charge in [-0.15, -0.1) is 0 Å². The predicted octanol–water partition coefficient (Wildman–Crippen LogP) is 1.24. The molecule has 0 saturated heterocycles. The second-order valence-electron chi connectivity index (χ2n) is 6.19. The first-order valence-corrected chi connectivity index (χ1v) is 7.95. The molecule has 0 aliphatic heterocycles. The minimum Gasteiger partial charge on any atom is -0.504 e. The first-order chi connectivity index (χ1) is 11.3. The molecular weight excluding hydrogens is 314 g/mol. The molecule has 1 fully saturated rings. The van der Waals surface area contributed by atoms with Crippen LogP contribution in [-0.2, 0) is 25.5 Å². The Morgan fingerprint density at radius 2 is 1.79 bits per heavy atom. The summed E-state index contributed by atoms with van der Waals surface area (Å²) in [6.07, 6.45) is 0.690. The van der Waals surface area contributed by atoms with E-state index >= 15 is 0 Å². The van der Waals surface area contributed by atoms with Gasteiger partial charge in [0.25, 0.3) is 0 Å². The topological polar surface area (TPSA) is 119 Å². The highest BCUT2D eigenvalue weighted by molar-refractivity contribution is 5.76. The lowest BCUT2D eigenvalue weighted by molar-refractivity contribution is -0.167. The first-order valence-electron chi connectivity index (χ1n) is 7.95. The third kappa shape index (κ3) is 4.86. The zero-order chi connectivity index (χ0) is 17.9. The lowest BCUT2D eigenvalue weighted by Crippen LogP contribution is -2.39. The van der Waals surface area contributed by atoms with Gasteiger partial charge in [-0.05, 0) is 50.8 Å². The van der Waals surface area contributed by atoms with Crippen molar-refractivity contribution in [2.24, 2.45) is 11.7 Å². The normalized spacial score (nSPS) is 17.6. The summed E-state index contributed by atoms with van der Waals surface area (Å²) in [5, 5.41) is 18.7. The van der Waals surface area contributed by atoms with E-state index in [1.54, 1.807) is 19.9 Å². The Balaban J connectivity index is 1.83. The van der Waals surface area contributed by atoms with Crippen LogP contribution in [0.25, 0.3) is 0 Å². The standard InChI is InChI=1S/C17H23NO6/c1-9(23-16(21)12-4-5-12)10(2)24-17(22)13(18)7-11-3-6-14(19)15(20)8-11/h3,6,8-10,12-13,19-20H,4-5,7,18H2,1-2H3/t9-,10+,13-/m0/s1. The average molecular weight is 337 g/mol. The van der Waals surface area contributed by atoms with Gasteiger partial charge in [0.15, 0.2) is 11.5 Å². The van der Waals surface area contributed by atoms with Gasteiger partial charge in [0, 0.05) is 0 Å². The maximum Gasteiger partial charge on any atom is 0.323 e. The second kappa shape index (κ2) is 7.53. The molecule has 0 aromatic heterocycles. The number of rotatable bonds is 7. The van der Waals surface area contributed by atoms with Gasteiger partial charge in [-0.2, -0.15) is 0 Å². The molecule has 0 unspecified atom stereocenters. The van der Waals surface area contributed by atoms with Crippen LogP contribution in [0.5, 0.6) is 11.5 Å². The second-order valence-corrected chi connectivity index (χ2v) is 6.19. The van der Waals surface area contributed by atoms with E-state index < -0.39 is 24.2 Å². The van der Waals surface area contributed by atoms with Gasteiger partial charge in [0.05, 0.1) is 5.92 Å². The molecule has 0 bridgehead atoms. The summed E-state index contributed by atoms with van der Waals surface area (Å²) >= 11 is 0. The number of benzene rings is 1. The van der Waals surface area contributed by atoms with Crippen molar-refractivity contribution in [1.29, 1.82) is 0 Å². The molecule has 1 saturated carbocycles. The molecule has 1 aliphatic carbocycles. The fraction of sp³-hybridized carbons (Fsp3) is 0.529. The highest BCUT2D eigenvalue weighted by atomic mass is 16.6. The molecule has 1 aromatic carbocycles. The van der Waals surface area contributed by atoms with Crippen molar-refractivity contribution in [3.63, 3.8) is 0 Å². The molecule has 7 heteroatoms. The van der Waals surface area contributed by atoms with Crippen molar-refractivity contribution in [2.45, 2.75) is 51.4 Å². The number of ether oxygens (including phenoxy) is 2. The minimum absolute atomic E-state index is 0.0141. The van der Waals surface area contributed by atoms with Crippen LogP contribution >= 0.6 is 0 Å². The van der Waals surface area contributed by atoms with E-state index in [1.807, 2.05) is 0 Å². The molecule has 0 amide bonds. The van der Waals surface area contributed by atoms with Crippen LogP contribution in [-0.4, -0.2) is 40.4 Å². The van der Waals surface area contributed by atoms with Gasteiger partial charge in [-0.3, -0.25) is 9.59 Å². The van der Waals surface area contributed by atoms with Crippen molar-refractivity contribution in [3.05, 3.63) is 23.8 Å². The van der Waals surface area contributed by atoms with E-state index in [4.69, 9.17) is 15.2 Å². The van der Waals surface area contributed by atoms with Gasteiger partial charge in [-0.25, -0.2) is 0 Å². The number of nitrogens with two attached hydrogens (primary N) is 1. The Morgan fingerprint density at radius 3 is 2.38 bits per heavy atom. The van der Waals surface area contributed by atoms with E-state index in [0.717, 1.165) is 12.8 Å². The summed E-state index contributed by atoms with van der Waals surface area (Å²) in [5.74, 6) is -1.41. The lowest BCUT2D eigenvalue weighted by atomic mass is 10.1. The monoisotopic (exact) mass is 337 g/mol. The zero-order valence-electron chi connectivity index (χ0n) is 13.8. The summed E-state index contributed by atoms with van der Waals surface area (Å²) in [6, 6.07) is 3.30. The number of hydrogen-bond donors (Lipinski definition) is 3. The number of aromatic hydroxyl groups is 2. The predicted molar refractivity (Wildman–Crippen MR) is 85.3 cm³/mol. The molecule has 7 nitrogen and oxygen atoms in total. The number of carbonyl (C=O) groups is 2. The quantitative estimate of drug-likeness (QED) is 0.506. The maximum atomic E-state index is 12.0. The van der Waals surface area contributed by atoms with Crippen LogP contribution in [0.3, 0.4) is 0 Å². The molecule has 4 N–H and O–H groups in total. The number of phenolic OH excluding ortho intramolecular Hbond substituents is 2. The highest BCUT2D eigenvalue weighted by Gasteiger charge is 2.33. The molecule has 0 radical (unpaired) electrons. The zero-order valence-corrected chi connectivity index (χ0v) is 13.8. The van der Waals surface area contributed by atoms with Crippen molar-refractivity contribution >= 4 is 11.9 Å². The van der Waals surface area contributed by atoms with Crippen LogP contribution in [0.4, 0.5) is 0 Å². The fourth-order valence-electron chi connectivity index (χ4n) is 2.09. The van der Waals surface area contributed by atoms with Crippen molar-refractivity contribution < 1.29 is 29.3 Å². The van der Waals surface area contributed by atoms with E-state index in [2.05, 4.69) is 0 Å². The molecule has 132 valence electrons. The van der Waals surface area contributed by atoms with E-state index in [0.29, 0.717) is 5.56 Å². The molecule has 24 heavy (non-hydrogen) atoms. The van der Waals surface area contributed by atoms with Crippen LogP contribution in [0.15, 0.2) is 18.2 Å². The van der Waals surface area contributed by atoms with Crippen molar-refractivity contribution in [3.8, 4) is 11.5 Å². The summed E-state index contributed by atoms with van der Waals surface area (Å²) in [7, 11) is 0. The summed E-state index contributed by atoms with van der Waals surface area (Å²) in [4.78, 5) is 23.7. The smallest absolute Gasteiger partial charge is 0.323 e. The van der Waals surface area contributed by atoms with Crippen LogP contribution in [0.1, 0.15) is 32.3 Å². The number of esters is 2. The largest absolute Gasteiger partial charge is 0.504 e. The van der Waals surface area contributed by atoms with Gasteiger partial charge in [-0.1, -0.05) is 6.07 Å². The van der Waals surface area contributed by atoms with Gasteiger partial charge >= 0.3 is 11.9 Å². The van der Waals surface area contributed by atoms with Crippen LogP contribution in [0.2, 0.25) is 0 Å². The first kappa shape index (κ1) is 18.1. The lowest BCUT2D eigenvalue weighted by Gasteiger charge is -2.22. The summed E-state index contributed by atoms with van der Waals surface area (Å²) < 4.78 is 10.5. The molecule has 0 heterocycles. The number of phenols is 2.